The van der Waals surface area contributed by atoms with Crippen LogP contribution < -0.4 is 4.90 Å². The number of rotatable bonds is 4. The second kappa shape index (κ2) is 7.16. The maximum Gasteiger partial charge on any atom is 0.0735 e. The van der Waals surface area contributed by atoms with Gasteiger partial charge in [0.25, 0.3) is 0 Å². The molecule has 6 rings (SSSR count). The molecule has 27 heavy (non-hydrogen) atoms. The van der Waals surface area contributed by atoms with E-state index in [4.69, 9.17) is 4.74 Å². The molecule has 1 atom stereocenters. The van der Waals surface area contributed by atoms with Gasteiger partial charge in [-0.1, -0.05) is 30.0 Å². The van der Waals surface area contributed by atoms with E-state index in [-0.39, 0.29) is 0 Å². The standard InChI is InChI=1S/C23H28N2OS/c1-16(2)25-19-5-3-4-6-22(19)27-23-13-17(7-8-20(23)25)15-26-21-14-24-11-9-18(21)10-12-24/h3-8,13,16,18,21H,9-12,14-15H2,1-2H3/t21-/m0/s1. The molecule has 3 nitrogen and oxygen atoms in total. The zero-order valence-electron chi connectivity index (χ0n) is 16.2. The quantitative estimate of drug-likeness (QED) is 0.714. The van der Waals surface area contributed by atoms with Crippen LogP contribution in [0.5, 0.6) is 0 Å². The van der Waals surface area contributed by atoms with Crippen molar-refractivity contribution >= 4 is 23.1 Å². The third-order valence-electron chi connectivity index (χ3n) is 6.21. The molecule has 2 aromatic rings. The van der Waals surface area contributed by atoms with Crippen molar-refractivity contribution in [3.05, 3.63) is 48.0 Å². The first-order chi connectivity index (χ1) is 13.2. The fraction of sp³-hybridized carbons (Fsp3) is 0.478. The fourth-order valence-corrected chi connectivity index (χ4v) is 5.91. The second-order valence-electron chi connectivity index (χ2n) is 8.32. The molecule has 0 aliphatic carbocycles. The summed E-state index contributed by atoms with van der Waals surface area (Å²) in [4.78, 5) is 7.70. The Morgan fingerprint density at radius 1 is 1.04 bits per heavy atom. The molecular weight excluding hydrogens is 352 g/mol. The molecular formula is C23H28N2OS. The van der Waals surface area contributed by atoms with Crippen LogP contribution in [-0.4, -0.2) is 36.7 Å². The highest BCUT2D eigenvalue weighted by atomic mass is 32.2. The van der Waals surface area contributed by atoms with Gasteiger partial charge >= 0.3 is 0 Å². The number of anilines is 2. The lowest BCUT2D eigenvalue weighted by atomic mass is 9.86. The van der Waals surface area contributed by atoms with Gasteiger partial charge in [0.05, 0.1) is 24.1 Å². The van der Waals surface area contributed by atoms with Crippen molar-refractivity contribution < 1.29 is 4.74 Å². The molecule has 2 aromatic carbocycles. The van der Waals surface area contributed by atoms with Crippen LogP contribution >= 0.6 is 11.8 Å². The van der Waals surface area contributed by atoms with Gasteiger partial charge in [-0.05, 0) is 75.5 Å². The minimum atomic E-state index is 0.420. The van der Waals surface area contributed by atoms with Gasteiger partial charge in [-0.3, -0.25) is 0 Å². The minimum Gasteiger partial charge on any atom is -0.372 e. The first kappa shape index (κ1) is 17.6. The van der Waals surface area contributed by atoms with E-state index in [2.05, 4.69) is 66.1 Å². The van der Waals surface area contributed by atoms with Crippen molar-refractivity contribution in [1.29, 1.82) is 0 Å². The van der Waals surface area contributed by atoms with Crippen LogP contribution in [-0.2, 0) is 11.3 Å². The van der Waals surface area contributed by atoms with Crippen LogP contribution in [0.15, 0.2) is 52.3 Å². The molecule has 2 bridgehead atoms. The van der Waals surface area contributed by atoms with Gasteiger partial charge in [0, 0.05) is 22.4 Å². The van der Waals surface area contributed by atoms with Crippen LogP contribution in [0, 0.1) is 5.92 Å². The highest BCUT2D eigenvalue weighted by Crippen LogP contribution is 2.49. The Hall–Kier alpha value is -1.49. The maximum atomic E-state index is 6.37. The number of benzene rings is 2. The van der Waals surface area contributed by atoms with Crippen molar-refractivity contribution in [2.24, 2.45) is 5.92 Å². The first-order valence-corrected chi connectivity index (χ1v) is 11.0. The third kappa shape index (κ3) is 3.28. The van der Waals surface area contributed by atoms with Crippen LogP contribution in [0.3, 0.4) is 0 Å². The summed E-state index contributed by atoms with van der Waals surface area (Å²) in [6.07, 6.45) is 3.04. The van der Waals surface area contributed by atoms with E-state index >= 15 is 0 Å². The van der Waals surface area contributed by atoms with Crippen LogP contribution in [0.4, 0.5) is 11.4 Å². The van der Waals surface area contributed by atoms with Gasteiger partial charge in [-0.15, -0.1) is 0 Å². The number of hydrogen-bond donors (Lipinski definition) is 0. The summed E-state index contributed by atoms with van der Waals surface area (Å²) in [5, 5.41) is 0. The highest BCUT2D eigenvalue weighted by Gasteiger charge is 2.34. The lowest BCUT2D eigenvalue weighted by Crippen LogP contribution is -2.51. The van der Waals surface area contributed by atoms with Crippen LogP contribution in [0.1, 0.15) is 32.3 Å². The fourth-order valence-electron chi connectivity index (χ4n) is 4.78. The van der Waals surface area contributed by atoms with E-state index in [1.165, 1.54) is 52.7 Å². The Bertz CT molecular complexity index is 829. The molecule has 142 valence electrons. The van der Waals surface area contributed by atoms with Crippen molar-refractivity contribution in [1.82, 2.24) is 4.90 Å². The summed E-state index contributed by atoms with van der Waals surface area (Å²) in [5.41, 5.74) is 3.93. The summed E-state index contributed by atoms with van der Waals surface area (Å²) < 4.78 is 6.37. The molecule has 4 heteroatoms. The third-order valence-corrected chi connectivity index (χ3v) is 7.32. The number of nitrogens with zero attached hydrogens (tertiary/aromatic N) is 2. The van der Waals surface area contributed by atoms with E-state index in [1.807, 2.05) is 11.8 Å². The first-order valence-electron chi connectivity index (χ1n) is 10.2. The van der Waals surface area contributed by atoms with Gasteiger partial charge < -0.3 is 14.5 Å². The van der Waals surface area contributed by atoms with Crippen LogP contribution in [0.2, 0.25) is 0 Å². The Balaban J connectivity index is 1.36. The largest absolute Gasteiger partial charge is 0.372 e. The van der Waals surface area contributed by atoms with E-state index in [1.54, 1.807) is 0 Å². The number of hydrogen-bond acceptors (Lipinski definition) is 4. The zero-order valence-corrected chi connectivity index (χ0v) is 17.0. The Morgan fingerprint density at radius 3 is 2.56 bits per heavy atom. The highest BCUT2D eigenvalue weighted by molar-refractivity contribution is 7.99. The topological polar surface area (TPSA) is 15.7 Å². The van der Waals surface area contributed by atoms with Gasteiger partial charge in [0.1, 0.15) is 0 Å². The Kier molecular flexibility index (Phi) is 4.66. The van der Waals surface area contributed by atoms with E-state index in [9.17, 15) is 0 Å². The summed E-state index contributed by atoms with van der Waals surface area (Å²) in [7, 11) is 0. The molecule has 0 saturated carbocycles. The number of ether oxygens (including phenoxy) is 1. The zero-order chi connectivity index (χ0) is 18.4. The van der Waals surface area contributed by atoms with E-state index in [0.29, 0.717) is 12.1 Å². The normalized spacial score (nSPS) is 26.2. The molecule has 0 radical (unpaired) electrons. The molecule has 4 aliphatic heterocycles. The summed E-state index contributed by atoms with van der Waals surface area (Å²) >= 11 is 1.89. The van der Waals surface area contributed by atoms with Crippen molar-refractivity contribution in [2.45, 2.75) is 55.2 Å². The average Bonchev–Trinajstić information content (AvgIpc) is 2.71. The number of para-hydroxylation sites is 1. The molecule has 0 N–H and O–H groups in total. The van der Waals surface area contributed by atoms with Crippen LogP contribution in [0.25, 0.3) is 0 Å². The molecule has 0 unspecified atom stereocenters. The van der Waals surface area contributed by atoms with Crippen molar-refractivity contribution in [3.63, 3.8) is 0 Å². The average molecular weight is 381 g/mol. The Morgan fingerprint density at radius 2 is 1.81 bits per heavy atom. The number of fused-ring (bicyclic) bond motifs is 5. The maximum absolute atomic E-state index is 6.37. The number of piperidine rings is 3. The lowest BCUT2D eigenvalue weighted by Gasteiger charge is -2.44. The summed E-state index contributed by atoms with van der Waals surface area (Å²) in [5.74, 6) is 0.769. The van der Waals surface area contributed by atoms with Gasteiger partial charge in [-0.25, -0.2) is 0 Å². The summed E-state index contributed by atoms with van der Waals surface area (Å²) in [6.45, 7) is 8.92. The predicted molar refractivity (Wildman–Crippen MR) is 112 cm³/mol. The van der Waals surface area contributed by atoms with Gasteiger partial charge in [-0.2, -0.15) is 0 Å². The van der Waals surface area contributed by atoms with Crippen molar-refractivity contribution in [2.75, 3.05) is 24.5 Å². The SMILES string of the molecule is CC(C)N1c2ccccc2Sc2cc(CO[C@H]3CN4CCC3CC4)ccc21. The second-order valence-corrected chi connectivity index (χ2v) is 9.41. The Labute approximate surface area is 166 Å². The predicted octanol–water partition coefficient (Wildman–Crippen LogP) is 5.31. The lowest BCUT2D eigenvalue weighted by molar-refractivity contribution is -0.0766. The molecule has 4 heterocycles. The summed E-state index contributed by atoms with van der Waals surface area (Å²) in [6, 6.07) is 16.0. The van der Waals surface area contributed by atoms with E-state index < -0.39 is 0 Å². The molecule has 0 spiro atoms. The molecule has 0 amide bonds. The molecule has 3 saturated heterocycles. The monoisotopic (exact) mass is 380 g/mol. The molecule has 4 aliphatic rings. The molecule has 0 aromatic heterocycles. The smallest absolute Gasteiger partial charge is 0.0735 e. The van der Waals surface area contributed by atoms with Gasteiger partial charge in [0.2, 0.25) is 0 Å². The minimum absolute atomic E-state index is 0.420. The van der Waals surface area contributed by atoms with E-state index in [0.717, 1.165) is 19.1 Å². The van der Waals surface area contributed by atoms with Gasteiger partial charge in [0.15, 0.2) is 0 Å². The molecule has 3 fully saturated rings. The van der Waals surface area contributed by atoms with Crippen molar-refractivity contribution in [3.8, 4) is 0 Å².